The molecule has 1 fully saturated rings. The number of hydrogen-bond acceptors (Lipinski definition) is 4. The summed E-state index contributed by atoms with van der Waals surface area (Å²) < 4.78 is 11.5. The Bertz CT molecular complexity index is 287. The standard InChI is InChI=1S/C14H27NO4/c1-4-14(15,13(16)17)6-5-7-18-12-8-10(2)19-11(3)9-12/h10-12H,4-9,15H2,1-3H3,(H,16,17). The summed E-state index contributed by atoms with van der Waals surface area (Å²) >= 11 is 0. The lowest BCUT2D eigenvalue weighted by molar-refractivity contribution is -0.144. The third-order valence-corrected chi connectivity index (χ3v) is 3.83. The van der Waals surface area contributed by atoms with E-state index >= 15 is 0 Å². The largest absolute Gasteiger partial charge is 0.480 e. The zero-order valence-electron chi connectivity index (χ0n) is 12.2. The van der Waals surface area contributed by atoms with Gasteiger partial charge in [0.25, 0.3) is 0 Å². The van der Waals surface area contributed by atoms with E-state index in [-0.39, 0.29) is 18.3 Å². The molecule has 1 aliphatic rings. The minimum atomic E-state index is -1.11. The highest BCUT2D eigenvalue weighted by Crippen LogP contribution is 2.22. The van der Waals surface area contributed by atoms with E-state index in [1.165, 1.54) is 0 Å². The van der Waals surface area contributed by atoms with Crippen molar-refractivity contribution in [3.8, 4) is 0 Å². The molecule has 0 aromatic heterocycles. The van der Waals surface area contributed by atoms with Gasteiger partial charge in [-0.15, -0.1) is 0 Å². The van der Waals surface area contributed by atoms with Gasteiger partial charge in [-0.1, -0.05) is 6.92 Å². The molecule has 1 aliphatic heterocycles. The zero-order chi connectivity index (χ0) is 14.5. The van der Waals surface area contributed by atoms with Crippen LogP contribution in [-0.4, -0.2) is 41.5 Å². The molecule has 5 nitrogen and oxygen atoms in total. The van der Waals surface area contributed by atoms with Crippen LogP contribution in [0.4, 0.5) is 0 Å². The van der Waals surface area contributed by atoms with Crippen molar-refractivity contribution in [3.05, 3.63) is 0 Å². The maximum absolute atomic E-state index is 11.1. The summed E-state index contributed by atoms with van der Waals surface area (Å²) in [6.07, 6.45) is 4.07. The van der Waals surface area contributed by atoms with Crippen LogP contribution >= 0.6 is 0 Å². The minimum absolute atomic E-state index is 0.220. The van der Waals surface area contributed by atoms with Crippen molar-refractivity contribution in [2.24, 2.45) is 5.73 Å². The van der Waals surface area contributed by atoms with Gasteiger partial charge in [0.05, 0.1) is 18.3 Å². The minimum Gasteiger partial charge on any atom is -0.480 e. The van der Waals surface area contributed by atoms with E-state index in [0.29, 0.717) is 25.9 Å². The molecule has 3 atom stereocenters. The topological polar surface area (TPSA) is 81.8 Å². The molecule has 0 aromatic rings. The van der Waals surface area contributed by atoms with E-state index in [4.69, 9.17) is 20.3 Å². The van der Waals surface area contributed by atoms with Crippen LogP contribution in [0.25, 0.3) is 0 Å². The molecule has 0 spiro atoms. The van der Waals surface area contributed by atoms with Gasteiger partial charge < -0.3 is 20.3 Å². The van der Waals surface area contributed by atoms with Crippen molar-refractivity contribution < 1.29 is 19.4 Å². The van der Waals surface area contributed by atoms with Crippen LogP contribution in [0.3, 0.4) is 0 Å². The smallest absolute Gasteiger partial charge is 0.323 e. The predicted molar refractivity (Wildman–Crippen MR) is 73.1 cm³/mol. The molecular weight excluding hydrogens is 246 g/mol. The first-order valence-corrected chi connectivity index (χ1v) is 7.16. The van der Waals surface area contributed by atoms with Gasteiger partial charge in [0.15, 0.2) is 0 Å². The Morgan fingerprint density at radius 2 is 2.00 bits per heavy atom. The fourth-order valence-electron chi connectivity index (χ4n) is 2.55. The Morgan fingerprint density at radius 3 is 2.47 bits per heavy atom. The maximum atomic E-state index is 11.1. The molecule has 0 saturated carbocycles. The lowest BCUT2D eigenvalue weighted by Gasteiger charge is -2.32. The quantitative estimate of drug-likeness (QED) is 0.693. The number of rotatable bonds is 7. The van der Waals surface area contributed by atoms with Crippen LogP contribution in [0, 0.1) is 0 Å². The van der Waals surface area contributed by atoms with E-state index in [9.17, 15) is 4.79 Å². The van der Waals surface area contributed by atoms with Gasteiger partial charge in [-0.05, 0) is 46.0 Å². The summed E-state index contributed by atoms with van der Waals surface area (Å²) in [6, 6.07) is 0. The third kappa shape index (κ3) is 5.09. The van der Waals surface area contributed by atoms with Crippen LogP contribution in [0.2, 0.25) is 0 Å². The second kappa shape index (κ2) is 7.22. The highest BCUT2D eigenvalue weighted by atomic mass is 16.5. The maximum Gasteiger partial charge on any atom is 0.323 e. The van der Waals surface area contributed by atoms with Crippen LogP contribution in [0.1, 0.15) is 52.9 Å². The molecule has 0 bridgehead atoms. The van der Waals surface area contributed by atoms with E-state index < -0.39 is 11.5 Å². The molecule has 3 unspecified atom stereocenters. The van der Waals surface area contributed by atoms with Crippen LogP contribution in [0.15, 0.2) is 0 Å². The normalized spacial score (nSPS) is 30.8. The Hall–Kier alpha value is -0.650. The number of carboxylic acids is 1. The van der Waals surface area contributed by atoms with Crippen molar-refractivity contribution in [2.45, 2.75) is 76.7 Å². The second-order valence-electron chi connectivity index (χ2n) is 5.64. The SMILES string of the molecule is CCC(N)(CCCOC1CC(C)OC(C)C1)C(=O)O. The highest BCUT2D eigenvalue weighted by Gasteiger charge is 2.31. The molecule has 3 N–H and O–H groups in total. The summed E-state index contributed by atoms with van der Waals surface area (Å²) in [5.74, 6) is -0.927. The summed E-state index contributed by atoms with van der Waals surface area (Å²) in [6.45, 7) is 6.48. The van der Waals surface area contributed by atoms with Gasteiger partial charge >= 0.3 is 5.97 Å². The molecule has 5 heteroatoms. The molecule has 1 saturated heterocycles. The average molecular weight is 273 g/mol. The lowest BCUT2D eigenvalue weighted by Crippen LogP contribution is -2.47. The Balaban J connectivity index is 2.25. The predicted octanol–water partition coefficient (Wildman–Crippen LogP) is 1.93. The number of aliphatic carboxylic acids is 1. The van der Waals surface area contributed by atoms with E-state index in [0.717, 1.165) is 12.8 Å². The number of carbonyl (C=O) groups is 1. The summed E-state index contributed by atoms with van der Waals surface area (Å²) in [7, 11) is 0. The van der Waals surface area contributed by atoms with Crippen molar-refractivity contribution in [3.63, 3.8) is 0 Å². The average Bonchev–Trinajstić information content (AvgIpc) is 2.33. The summed E-state index contributed by atoms with van der Waals surface area (Å²) in [5.41, 5.74) is 4.72. The van der Waals surface area contributed by atoms with Gasteiger partial charge in [-0.3, -0.25) is 4.79 Å². The fraction of sp³-hybridized carbons (Fsp3) is 0.929. The molecule has 0 amide bonds. The number of ether oxygens (including phenoxy) is 2. The first-order valence-electron chi connectivity index (χ1n) is 7.16. The molecule has 1 heterocycles. The van der Waals surface area contributed by atoms with Gasteiger partial charge in [0.2, 0.25) is 0 Å². The number of nitrogens with two attached hydrogens (primary N) is 1. The van der Waals surface area contributed by atoms with E-state index in [1.54, 1.807) is 6.92 Å². The first kappa shape index (κ1) is 16.4. The first-order chi connectivity index (χ1) is 8.87. The van der Waals surface area contributed by atoms with E-state index in [1.807, 2.05) is 0 Å². The van der Waals surface area contributed by atoms with E-state index in [2.05, 4.69) is 13.8 Å². The molecule has 0 radical (unpaired) electrons. The van der Waals surface area contributed by atoms with Crippen LogP contribution in [0.5, 0.6) is 0 Å². The van der Waals surface area contributed by atoms with Crippen LogP contribution in [-0.2, 0) is 14.3 Å². The Morgan fingerprint density at radius 1 is 1.42 bits per heavy atom. The molecule has 0 aromatic carbocycles. The van der Waals surface area contributed by atoms with Crippen molar-refractivity contribution in [2.75, 3.05) is 6.61 Å². The van der Waals surface area contributed by atoms with Gasteiger partial charge in [0, 0.05) is 6.61 Å². The van der Waals surface area contributed by atoms with Crippen LogP contribution < -0.4 is 5.73 Å². The monoisotopic (exact) mass is 273 g/mol. The van der Waals surface area contributed by atoms with Gasteiger partial charge in [-0.25, -0.2) is 0 Å². The fourth-order valence-corrected chi connectivity index (χ4v) is 2.55. The molecule has 1 rings (SSSR count). The van der Waals surface area contributed by atoms with Gasteiger partial charge in [0.1, 0.15) is 5.54 Å². The number of carboxylic acid groups (broad SMARTS) is 1. The number of hydrogen-bond donors (Lipinski definition) is 2. The molecule has 112 valence electrons. The molecular formula is C14H27NO4. The summed E-state index contributed by atoms with van der Waals surface area (Å²) in [5, 5.41) is 9.07. The lowest BCUT2D eigenvalue weighted by atomic mass is 9.92. The Kier molecular flexibility index (Phi) is 6.23. The highest BCUT2D eigenvalue weighted by molar-refractivity contribution is 5.78. The van der Waals surface area contributed by atoms with Crippen molar-refractivity contribution in [1.29, 1.82) is 0 Å². The Labute approximate surface area is 115 Å². The third-order valence-electron chi connectivity index (χ3n) is 3.83. The second-order valence-corrected chi connectivity index (χ2v) is 5.64. The van der Waals surface area contributed by atoms with Crippen molar-refractivity contribution in [1.82, 2.24) is 0 Å². The van der Waals surface area contributed by atoms with Crippen molar-refractivity contribution >= 4 is 5.97 Å². The summed E-state index contributed by atoms with van der Waals surface area (Å²) in [4.78, 5) is 11.1. The van der Waals surface area contributed by atoms with Gasteiger partial charge in [-0.2, -0.15) is 0 Å². The molecule has 0 aliphatic carbocycles. The zero-order valence-corrected chi connectivity index (χ0v) is 12.2. The molecule has 19 heavy (non-hydrogen) atoms.